The van der Waals surface area contributed by atoms with E-state index in [4.69, 9.17) is 4.74 Å². The normalized spacial score (nSPS) is 13.0. The van der Waals surface area contributed by atoms with E-state index in [9.17, 15) is 4.79 Å². The van der Waals surface area contributed by atoms with Gasteiger partial charge in [-0.05, 0) is 103 Å². The summed E-state index contributed by atoms with van der Waals surface area (Å²) < 4.78 is 5.10. The molecule has 6 aromatic carbocycles. The SMILES string of the molecule is C=CC(=O)OCCCCCc1ccc(-c2c3ccccc3c(-c3ccc4c(c3)C(C)(C)c3ccccc3-4)c3ccccc23)cc1. The Kier molecular flexibility index (Phi) is 7.59. The lowest BCUT2D eigenvalue weighted by atomic mass is 9.80. The fourth-order valence-corrected chi connectivity index (χ4v) is 7.29. The van der Waals surface area contributed by atoms with Crippen LogP contribution in [-0.4, -0.2) is 12.6 Å². The zero-order chi connectivity index (χ0) is 31.0. The molecule has 0 spiro atoms. The first-order chi connectivity index (χ1) is 22.0. The number of ether oxygens (including phenoxy) is 1. The smallest absolute Gasteiger partial charge is 0.330 e. The van der Waals surface area contributed by atoms with Crippen LogP contribution < -0.4 is 0 Å². The maximum absolute atomic E-state index is 11.2. The van der Waals surface area contributed by atoms with Gasteiger partial charge in [0.15, 0.2) is 0 Å². The van der Waals surface area contributed by atoms with Gasteiger partial charge >= 0.3 is 5.97 Å². The van der Waals surface area contributed by atoms with E-state index >= 15 is 0 Å². The first kappa shape index (κ1) is 28.8. The number of benzene rings is 6. The van der Waals surface area contributed by atoms with Gasteiger partial charge in [0, 0.05) is 11.5 Å². The zero-order valence-corrected chi connectivity index (χ0v) is 26.1. The van der Waals surface area contributed by atoms with Crippen molar-refractivity contribution >= 4 is 27.5 Å². The topological polar surface area (TPSA) is 26.3 Å². The predicted molar refractivity (Wildman–Crippen MR) is 189 cm³/mol. The minimum Gasteiger partial charge on any atom is -0.463 e. The van der Waals surface area contributed by atoms with Crippen molar-refractivity contribution < 1.29 is 9.53 Å². The molecule has 222 valence electrons. The number of carbonyl (C=O) groups is 1. The molecule has 0 aliphatic heterocycles. The summed E-state index contributed by atoms with van der Waals surface area (Å²) in [4.78, 5) is 11.2. The standard InChI is InChI=1S/C43H38O2/c1-4-40(44)45-27-13-5-6-14-29-21-23-30(24-22-29)41-34-16-7-9-18-36(34)42(37-19-10-8-17-35(37)41)31-25-26-33-32-15-11-12-20-38(32)43(2,3)39(33)28-31/h4,7-12,15-26,28H,1,5-6,13-14,27H2,2-3H3. The Morgan fingerprint density at radius 3 is 1.84 bits per heavy atom. The van der Waals surface area contributed by atoms with Crippen LogP contribution in [0.2, 0.25) is 0 Å². The molecule has 0 atom stereocenters. The number of carbonyl (C=O) groups excluding carboxylic acids is 1. The summed E-state index contributed by atoms with van der Waals surface area (Å²) >= 11 is 0. The number of aryl methyl sites for hydroxylation is 1. The molecule has 0 unspecified atom stereocenters. The first-order valence-electron chi connectivity index (χ1n) is 16.0. The maximum atomic E-state index is 11.2. The van der Waals surface area contributed by atoms with Crippen molar-refractivity contribution in [1.82, 2.24) is 0 Å². The molecule has 1 aliphatic carbocycles. The molecule has 0 radical (unpaired) electrons. The second kappa shape index (κ2) is 11.9. The molecule has 0 aromatic heterocycles. The van der Waals surface area contributed by atoms with E-state index in [1.807, 2.05) is 0 Å². The van der Waals surface area contributed by atoms with Gasteiger partial charge in [-0.2, -0.15) is 0 Å². The summed E-state index contributed by atoms with van der Waals surface area (Å²) in [6.45, 7) is 8.60. The van der Waals surface area contributed by atoms with Crippen LogP contribution in [0, 0.1) is 0 Å². The van der Waals surface area contributed by atoms with Crippen LogP contribution in [0.25, 0.3) is 54.9 Å². The molecule has 1 aliphatic rings. The maximum Gasteiger partial charge on any atom is 0.330 e. The van der Waals surface area contributed by atoms with E-state index < -0.39 is 0 Å². The molecule has 45 heavy (non-hydrogen) atoms. The molecule has 0 heterocycles. The number of hydrogen-bond donors (Lipinski definition) is 0. The summed E-state index contributed by atoms with van der Waals surface area (Å²) in [5.74, 6) is -0.346. The molecule has 0 N–H and O–H groups in total. The van der Waals surface area contributed by atoms with Crippen molar-refractivity contribution in [2.75, 3.05) is 6.61 Å². The number of fused-ring (bicyclic) bond motifs is 5. The zero-order valence-electron chi connectivity index (χ0n) is 26.1. The molecular weight excluding hydrogens is 548 g/mol. The van der Waals surface area contributed by atoms with Gasteiger partial charge in [0.05, 0.1) is 6.61 Å². The summed E-state index contributed by atoms with van der Waals surface area (Å²) in [5, 5.41) is 5.11. The molecule has 0 fully saturated rings. The van der Waals surface area contributed by atoms with Crippen LogP contribution in [0.1, 0.15) is 49.8 Å². The average Bonchev–Trinajstić information content (AvgIpc) is 3.31. The highest BCUT2D eigenvalue weighted by atomic mass is 16.5. The Labute approximate surface area is 266 Å². The van der Waals surface area contributed by atoms with Gasteiger partial charge in [-0.1, -0.05) is 130 Å². The predicted octanol–water partition coefficient (Wildman–Crippen LogP) is 11.1. The van der Waals surface area contributed by atoms with Crippen molar-refractivity contribution in [2.24, 2.45) is 0 Å². The van der Waals surface area contributed by atoms with Gasteiger partial charge in [0.2, 0.25) is 0 Å². The van der Waals surface area contributed by atoms with E-state index in [0.29, 0.717) is 6.61 Å². The molecule has 0 saturated carbocycles. The van der Waals surface area contributed by atoms with Gasteiger partial charge in [0.1, 0.15) is 0 Å². The first-order valence-corrected chi connectivity index (χ1v) is 16.0. The number of hydrogen-bond acceptors (Lipinski definition) is 2. The highest BCUT2D eigenvalue weighted by Gasteiger charge is 2.35. The van der Waals surface area contributed by atoms with Gasteiger partial charge in [-0.15, -0.1) is 0 Å². The number of rotatable bonds is 9. The molecule has 2 heteroatoms. The van der Waals surface area contributed by atoms with Crippen molar-refractivity contribution in [2.45, 2.75) is 44.9 Å². The molecular formula is C43H38O2. The number of unbranched alkanes of at least 4 members (excludes halogenated alkanes) is 2. The van der Waals surface area contributed by atoms with Crippen LogP contribution >= 0.6 is 0 Å². The van der Waals surface area contributed by atoms with Crippen LogP contribution in [0.4, 0.5) is 0 Å². The molecule has 6 aromatic rings. The van der Waals surface area contributed by atoms with Crippen molar-refractivity contribution in [3.8, 4) is 33.4 Å². The molecule has 0 bridgehead atoms. The largest absolute Gasteiger partial charge is 0.463 e. The van der Waals surface area contributed by atoms with Crippen LogP contribution in [0.5, 0.6) is 0 Å². The van der Waals surface area contributed by atoms with Crippen LogP contribution in [0.3, 0.4) is 0 Å². The van der Waals surface area contributed by atoms with E-state index in [1.165, 1.54) is 77.7 Å². The molecule has 7 rings (SSSR count). The van der Waals surface area contributed by atoms with Gasteiger partial charge in [-0.3, -0.25) is 0 Å². The van der Waals surface area contributed by atoms with Gasteiger partial charge < -0.3 is 4.74 Å². The quantitative estimate of drug-likeness (QED) is 0.0729. The van der Waals surface area contributed by atoms with Crippen molar-refractivity contribution in [1.29, 1.82) is 0 Å². The van der Waals surface area contributed by atoms with Crippen molar-refractivity contribution in [3.63, 3.8) is 0 Å². The lowest BCUT2D eigenvalue weighted by molar-refractivity contribution is -0.137. The summed E-state index contributed by atoms with van der Waals surface area (Å²) in [5.41, 5.74) is 11.9. The van der Waals surface area contributed by atoms with Gasteiger partial charge in [-0.25, -0.2) is 4.79 Å². The second-order valence-electron chi connectivity index (χ2n) is 12.7. The summed E-state index contributed by atoms with van der Waals surface area (Å²) in [6, 6.07) is 42.8. The van der Waals surface area contributed by atoms with Crippen LogP contribution in [-0.2, 0) is 21.4 Å². The van der Waals surface area contributed by atoms with E-state index in [2.05, 4.69) is 136 Å². The summed E-state index contributed by atoms with van der Waals surface area (Å²) in [6.07, 6.45) is 5.18. The molecule has 2 nitrogen and oxygen atoms in total. The Morgan fingerprint density at radius 1 is 0.644 bits per heavy atom. The Bertz CT molecular complexity index is 2010. The molecule has 0 amide bonds. The highest BCUT2D eigenvalue weighted by molar-refractivity contribution is 6.21. The van der Waals surface area contributed by atoms with E-state index in [1.54, 1.807) is 0 Å². The Morgan fingerprint density at radius 2 is 1.20 bits per heavy atom. The van der Waals surface area contributed by atoms with E-state index in [0.717, 1.165) is 25.7 Å². The number of esters is 1. The van der Waals surface area contributed by atoms with E-state index in [-0.39, 0.29) is 11.4 Å². The van der Waals surface area contributed by atoms with Crippen LogP contribution in [0.15, 0.2) is 128 Å². The van der Waals surface area contributed by atoms with Gasteiger partial charge in [0.25, 0.3) is 0 Å². The Hall–Kier alpha value is -4.95. The highest BCUT2D eigenvalue weighted by Crippen LogP contribution is 2.51. The summed E-state index contributed by atoms with van der Waals surface area (Å²) in [7, 11) is 0. The fourth-order valence-electron chi connectivity index (χ4n) is 7.29. The lowest BCUT2D eigenvalue weighted by Gasteiger charge is -2.23. The third kappa shape index (κ3) is 5.15. The fraction of sp³-hybridized carbons (Fsp3) is 0.186. The minimum absolute atomic E-state index is 0.0481. The lowest BCUT2D eigenvalue weighted by Crippen LogP contribution is -2.14. The third-order valence-electron chi connectivity index (χ3n) is 9.57. The second-order valence-corrected chi connectivity index (χ2v) is 12.7. The molecule has 0 saturated heterocycles. The monoisotopic (exact) mass is 586 g/mol. The Balaban J connectivity index is 1.26. The van der Waals surface area contributed by atoms with Crippen molar-refractivity contribution in [3.05, 3.63) is 145 Å². The average molecular weight is 587 g/mol. The minimum atomic E-state index is -0.346. The third-order valence-corrected chi connectivity index (χ3v) is 9.57.